The molecule has 0 aliphatic heterocycles. The average Bonchev–Trinajstić information content (AvgIpc) is 3.12. The zero-order valence-corrected chi connectivity index (χ0v) is 10.3. The molecule has 6 nitrogen and oxygen atoms in total. The lowest BCUT2D eigenvalue weighted by Gasteiger charge is -1.97. The molecule has 0 amide bonds. The van der Waals surface area contributed by atoms with Crippen LogP contribution in [0.25, 0.3) is 33.2 Å². The van der Waals surface area contributed by atoms with Gasteiger partial charge in [0.25, 0.3) is 0 Å². The largest absolute Gasteiger partial charge is 0.282 e. The maximum atomic E-state index is 11.3. The molecule has 0 spiro atoms. The van der Waals surface area contributed by atoms with E-state index in [1.54, 1.807) is 4.57 Å². The molecule has 0 radical (unpaired) electrons. The summed E-state index contributed by atoms with van der Waals surface area (Å²) in [6, 6.07) is 13.6. The number of hydrogen-bond acceptors (Lipinski definition) is 4. The van der Waals surface area contributed by atoms with E-state index in [4.69, 9.17) is 0 Å². The number of rotatable bonds is 2. The zero-order chi connectivity index (χ0) is 13.5. The number of carbonyl (C=O) groups excluding carboxylic acids is 1. The van der Waals surface area contributed by atoms with E-state index in [1.807, 2.05) is 42.5 Å². The molecule has 0 atom stereocenters. The third-order valence-corrected chi connectivity index (χ3v) is 3.42. The van der Waals surface area contributed by atoms with Crippen molar-refractivity contribution in [3.8, 4) is 11.4 Å². The van der Waals surface area contributed by atoms with Crippen LogP contribution in [0.1, 0.15) is 0 Å². The SMILES string of the molecule is O=Cn1c2ccccc2c2cc(-c3nn[nH]n3)ccc21. The number of aromatic nitrogens is 5. The molecule has 2 heterocycles. The molecule has 0 saturated heterocycles. The number of hydrogen-bond donors (Lipinski definition) is 1. The van der Waals surface area contributed by atoms with Crippen LogP contribution in [0.3, 0.4) is 0 Å². The van der Waals surface area contributed by atoms with Gasteiger partial charge >= 0.3 is 0 Å². The highest BCUT2D eigenvalue weighted by Crippen LogP contribution is 2.30. The molecule has 0 fully saturated rings. The predicted molar refractivity (Wildman–Crippen MR) is 74.8 cm³/mol. The Morgan fingerprint density at radius 1 is 1.05 bits per heavy atom. The fourth-order valence-corrected chi connectivity index (χ4v) is 2.54. The van der Waals surface area contributed by atoms with Crippen molar-refractivity contribution < 1.29 is 4.79 Å². The van der Waals surface area contributed by atoms with Crippen molar-refractivity contribution in [1.82, 2.24) is 25.2 Å². The van der Waals surface area contributed by atoms with Crippen LogP contribution < -0.4 is 0 Å². The number of fused-ring (bicyclic) bond motifs is 3. The molecule has 0 aliphatic rings. The summed E-state index contributed by atoms with van der Waals surface area (Å²) in [6.45, 7) is 0. The van der Waals surface area contributed by atoms with Crippen LogP contribution in [0.5, 0.6) is 0 Å². The molecule has 0 aliphatic carbocycles. The summed E-state index contributed by atoms with van der Waals surface area (Å²) in [4.78, 5) is 11.3. The molecule has 96 valence electrons. The first-order chi connectivity index (χ1) is 9.88. The van der Waals surface area contributed by atoms with E-state index >= 15 is 0 Å². The van der Waals surface area contributed by atoms with E-state index in [-0.39, 0.29) is 0 Å². The number of carbonyl (C=O) groups is 1. The summed E-state index contributed by atoms with van der Waals surface area (Å²) in [6.07, 6.45) is 0.832. The van der Waals surface area contributed by atoms with E-state index in [9.17, 15) is 4.79 Å². The Hall–Kier alpha value is -3.02. The van der Waals surface area contributed by atoms with E-state index in [2.05, 4.69) is 20.6 Å². The fourth-order valence-electron chi connectivity index (χ4n) is 2.54. The van der Waals surface area contributed by atoms with Crippen LogP contribution in [0.15, 0.2) is 42.5 Å². The molecule has 4 rings (SSSR count). The first kappa shape index (κ1) is 10.9. The number of aromatic amines is 1. The summed E-state index contributed by atoms with van der Waals surface area (Å²) in [5.41, 5.74) is 2.62. The van der Waals surface area contributed by atoms with Gasteiger partial charge in [-0.3, -0.25) is 9.36 Å². The number of para-hydroxylation sites is 1. The first-order valence-electron chi connectivity index (χ1n) is 6.10. The third kappa shape index (κ3) is 1.38. The van der Waals surface area contributed by atoms with Crippen molar-refractivity contribution in [3.63, 3.8) is 0 Å². The lowest BCUT2D eigenvalue weighted by atomic mass is 10.1. The van der Waals surface area contributed by atoms with Crippen molar-refractivity contribution in [2.75, 3.05) is 0 Å². The van der Waals surface area contributed by atoms with Crippen molar-refractivity contribution in [3.05, 3.63) is 42.5 Å². The molecule has 0 saturated carbocycles. The number of tetrazole rings is 1. The Kier molecular flexibility index (Phi) is 2.17. The van der Waals surface area contributed by atoms with Gasteiger partial charge in [0.2, 0.25) is 12.2 Å². The Balaban J connectivity index is 2.12. The van der Waals surface area contributed by atoms with Crippen LogP contribution >= 0.6 is 0 Å². The second-order valence-corrected chi connectivity index (χ2v) is 4.46. The Morgan fingerprint density at radius 3 is 2.70 bits per heavy atom. The number of H-pyrrole nitrogens is 1. The number of benzene rings is 2. The minimum absolute atomic E-state index is 0.537. The predicted octanol–water partition coefficient (Wildman–Crippen LogP) is 2.01. The van der Waals surface area contributed by atoms with Crippen LogP contribution in [0.4, 0.5) is 0 Å². The molecule has 0 bridgehead atoms. The highest BCUT2D eigenvalue weighted by atomic mass is 16.1. The number of nitrogens with one attached hydrogen (secondary N) is 1. The highest BCUT2D eigenvalue weighted by Gasteiger charge is 2.11. The van der Waals surface area contributed by atoms with E-state index in [1.165, 1.54) is 0 Å². The Morgan fingerprint density at radius 2 is 1.90 bits per heavy atom. The maximum absolute atomic E-state index is 11.3. The second-order valence-electron chi connectivity index (χ2n) is 4.46. The Bertz CT molecular complexity index is 923. The highest BCUT2D eigenvalue weighted by molar-refractivity contribution is 6.11. The van der Waals surface area contributed by atoms with E-state index < -0.39 is 0 Å². The maximum Gasteiger partial charge on any atom is 0.218 e. The fraction of sp³-hybridized carbons (Fsp3) is 0. The molecule has 2 aromatic carbocycles. The van der Waals surface area contributed by atoms with Crippen LogP contribution in [-0.2, 0) is 4.79 Å². The number of nitrogens with zero attached hydrogens (tertiary/aromatic N) is 4. The average molecular weight is 263 g/mol. The minimum Gasteiger partial charge on any atom is -0.282 e. The van der Waals surface area contributed by atoms with Gasteiger partial charge in [0.05, 0.1) is 11.0 Å². The zero-order valence-electron chi connectivity index (χ0n) is 10.3. The normalized spacial score (nSPS) is 11.2. The molecular weight excluding hydrogens is 254 g/mol. The molecule has 0 unspecified atom stereocenters. The van der Waals surface area contributed by atoms with Crippen molar-refractivity contribution >= 4 is 28.2 Å². The van der Waals surface area contributed by atoms with Crippen LogP contribution in [-0.4, -0.2) is 31.6 Å². The summed E-state index contributed by atoms with van der Waals surface area (Å²) < 4.78 is 1.64. The summed E-state index contributed by atoms with van der Waals surface area (Å²) in [7, 11) is 0. The van der Waals surface area contributed by atoms with Crippen molar-refractivity contribution in [1.29, 1.82) is 0 Å². The molecule has 20 heavy (non-hydrogen) atoms. The first-order valence-corrected chi connectivity index (χ1v) is 6.10. The lowest BCUT2D eigenvalue weighted by molar-refractivity contribution is 0.550. The molecule has 2 aromatic heterocycles. The minimum atomic E-state index is 0.537. The summed E-state index contributed by atoms with van der Waals surface area (Å²) >= 11 is 0. The lowest BCUT2D eigenvalue weighted by Crippen LogP contribution is -1.93. The van der Waals surface area contributed by atoms with Gasteiger partial charge in [0, 0.05) is 16.3 Å². The van der Waals surface area contributed by atoms with Gasteiger partial charge in [-0.15, -0.1) is 10.2 Å². The van der Waals surface area contributed by atoms with Crippen LogP contribution in [0.2, 0.25) is 0 Å². The van der Waals surface area contributed by atoms with E-state index in [0.717, 1.165) is 33.8 Å². The topological polar surface area (TPSA) is 76.5 Å². The van der Waals surface area contributed by atoms with Gasteiger partial charge in [0.1, 0.15) is 0 Å². The standard InChI is InChI=1S/C14H9N5O/c20-8-19-12-4-2-1-3-10(12)11-7-9(5-6-13(11)19)14-15-17-18-16-14/h1-8H,(H,15,16,17,18). The summed E-state index contributed by atoms with van der Waals surface area (Å²) in [5.74, 6) is 0.537. The van der Waals surface area contributed by atoms with Crippen molar-refractivity contribution in [2.45, 2.75) is 0 Å². The molecule has 1 N–H and O–H groups in total. The molecular formula is C14H9N5O. The smallest absolute Gasteiger partial charge is 0.218 e. The van der Waals surface area contributed by atoms with Gasteiger partial charge < -0.3 is 0 Å². The van der Waals surface area contributed by atoms with Gasteiger partial charge in [-0.1, -0.05) is 18.2 Å². The monoisotopic (exact) mass is 263 g/mol. The third-order valence-electron chi connectivity index (χ3n) is 3.42. The van der Waals surface area contributed by atoms with Gasteiger partial charge in [-0.05, 0) is 29.5 Å². The quantitative estimate of drug-likeness (QED) is 0.561. The summed E-state index contributed by atoms with van der Waals surface area (Å²) in [5, 5.41) is 16.0. The van der Waals surface area contributed by atoms with Crippen LogP contribution in [0, 0.1) is 0 Å². The second kappa shape index (κ2) is 3.99. The van der Waals surface area contributed by atoms with Crippen molar-refractivity contribution in [2.24, 2.45) is 0 Å². The van der Waals surface area contributed by atoms with E-state index in [0.29, 0.717) is 5.82 Å². The van der Waals surface area contributed by atoms with Gasteiger partial charge in [-0.2, -0.15) is 5.21 Å². The van der Waals surface area contributed by atoms with Gasteiger partial charge in [-0.25, -0.2) is 0 Å². The molecule has 6 heteroatoms. The van der Waals surface area contributed by atoms with Gasteiger partial charge in [0.15, 0.2) is 0 Å². The Labute approximate surface area is 113 Å². The molecule has 4 aromatic rings.